The van der Waals surface area contributed by atoms with Gasteiger partial charge in [0.15, 0.2) is 17.3 Å². The quantitative estimate of drug-likeness (QED) is 0.383. The van der Waals surface area contributed by atoms with Crippen molar-refractivity contribution in [1.29, 1.82) is 0 Å². The zero-order valence-corrected chi connectivity index (χ0v) is 18.5. The third-order valence-electron chi connectivity index (χ3n) is 4.94. The Kier molecular flexibility index (Phi) is 6.54. The summed E-state index contributed by atoms with van der Waals surface area (Å²) >= 11 is 0. The average Bonchev–Trinajstić information content (AvgIpc) is 2.87. The van der Waals surface area contributed by atoms with Crippen LogP contribution >= 0.6 is 0 Å². The minimum absolute atomic E-state index is 0.0662. The Hall–Kier alpha value is -4.33. The molecule has 8 heteroatoms. The largest absolute Gasteiger partial charge is 0.493 e. The fourth-order valence-electron chi connectivity index (χ4n) is 3.35. The lowest BCUT2D eigenvalue weighted by Gasteiger charge is -2.13. The fraction of sp³-hybridized carbons (Fsp3) is 0.160. The summed E-state index contributed by atoms with van der Waals surface area (Å²) in [4.78, 5) is 17.8. The molecule has 0 saturated carbocycles. The zero-order chi connectivity index (χ0) is 23.2. The SMILES string of the molecule is COc1cc(/C=N/n2c(COc3ccccc3)nc3ccccc3c2=O)cc(OC)c1OC. The van der Waals surface area contributed by atoms with Crippen molar-refractivity contribution in [3.63, 3.8) is 0 Å². The maximum absolute atomic E-state index is 13.2. The van der Waals surface area contributed by atoms with Crippen LogP contribution in [0.4, 0.5) is 0 Å². The molecule has 33 heavy (non-hydrogen) atoms. The number of aromatic nitrogens is 2. The molecule has 0 N–H and O–H groups in total. The summed E-state index contributed by atoms with van der Waals surface area (Å²) in [6, 6.07) is 19.9. The minimum atomic E-state index is -0.295. The third kappa shape index (κ3) is 4.64. The molecule has 8 nitrogen and oxygen atoms in total. The van der Waals surface area contributed by atoms with Gasteiger partial charge in [-0.1, -0.05) is 30.3 Å². The lowest BCUT2D eigenvalue weighted by molar-refractivity contribution is 0.289. The molecule has 3 aromatic carbocycles. The van der Waals surface area contributed by atoms with Gasteiger partial charge in [0.05, 0.1) is 38.4 Å². The van der Waals surface area contributed by atoms with E-state index in [1.807, 2.05) is 36.4 Å². The number of benzene rings is 3. The number of ether oxygens (including phenoxy) is 4. The van der Waals surface area contributed by atoms with Crippen molar-refractivity contribution in [3.05, 3.63) is 88.5 Å². The highest BCUT2D eigenvalue weighted by atomic mass is 16.5. The van der Waals surface area contributed by atoms with Crippen LogP contribution in [-0.2, 0) is 6.61 Å². The second-order valence-corrected chi connectivity index (χ2v) is 6.97. The van der Waals surface area contributed by atoms with E-state index in [1.54, 1.807) is 30.3 Å². The molecule has 0 aliphatic carbocycles. The highest BCUT2D eigenvalue weighted by Crippen LogP contribution is 2.37. The summed E-state index contributed by atoms with van der Waals surface area (Å²) in [5, 5.41) is 4.89. The van der Waals surface area contributed by atoms with Crippen LogP contribution in [0.3, 0.4) is 0 Å². The molecule has 0 bridgehead atoms. The monoisotopic (exact) mass is 445 g/mol. The number of hydrogen-bond donors (Lipinski definition) is 0. The first kappa shape index (κ1) is 21.9. The van der Waals surface area contributed by atoms with Crippen molar-refractivity contribution < 1.29 is 18.9 Å². The molecule has 0 unspecified atom stereocenters. The molecule has 0 saturated heterocycles. The lowest BCUT2D eigenvalue weighted by atomic mass is 10.2. The number of hydrogen-bond acceptors (Lipinski definition) is 7. The molecule has 4 rings (SSSR count). The summed E-state index contributed by atoms with van der Waals surface area (Å²) < 4.78 is 23.2. The summed E-state index contributed by atoms with van der Waals surface area (Å²) in [7, 11) is 4.61. The van der Waals surface area contributed by atoms with Crippen LogP contribution in [0, 0.1) is 0 Å². The predicted octanol–water partition coefficient (Wildman–Crippen LogP) is 3.88. The van der Waals surface area contributed by atoms with Crippen molar-refractivity contribution >= 4 is 17.1 Å². The summed E-state index contributed by atoms with van der Waals surface area (Å²) in [6.07, 6.45) is 1.54. The second-order valence-electron chi connectivity index (χ2n) is 6.97. The van der Waals surface area contributed by atoms with E-state index in [2.05, 4.69) is 10.1 Å². The second kappa shape index (κ2) is 9.86. The van der Waals surface area contributed by atoms with Gasteiger partial charge in [-0.15, -0.1) is 0 Å². The van der Waals surface area contributed by atoms with Crippen LogP contribution in [0.25, 0.3) is 10.9 Å². The molecule has 0 radical (unpaired) electrons. The van der Waals surface area contributed by atoms with Gasteiger partial charge in [-0.3, -0.25) is 4.79 Å². The number of rotatable bonds is 8. The van der Waals surface area contributed by atoms with Crippen molar-refractivity contribution in [2.24, 2.45) is 5.10 Å². The van der Waals surface area contributed by atoms with Gasteiger partial charge in [0.2, 0.25) is 5.75 Å². The number of methoxy groups -OCH3 is 3. The maximum Gasteiger partial charge on any atom is 0.282 e. The van der Waals surface area contributed by atoms with Gasteiger partial charge in [0.25, 0.3) is 5.56 Å². The molecule has 0 spiro atoms. The van der Waals surface area contributed by atoms with E-state index < -0.39 is 0 Å². The topological polar surface area (TPSA) is 84.2 Å². The molecule has 168 valence electrons. The van der Waals surface area contributed by atoms with Crippen LogP contribution in [0.15, 0.2) is 76.6 Å². The van der Waals surface area contributed by atoms with Crippen LogP contribution < -0.4 is 24.5 Å². The zero-order valence-electron chi connectivity index (χ0n) is 18.5. The van der Waals surface area contributed by atoms with Gasteiger partial charge in [0.1, 0.15) is 12.4 Å². The van der Waals surface area contributed by atoms with Crippen LogP contribution in [0.5, 0.6) is 23.0 Å². The first-order valence-electron chi connectivity index (χ1n) is 10.2. The average molecular weight is 445 g/mol. The highest BCUT2D eigenvalue weighted by molar-refractivity contribution is 5.83. The van der Waals surface area contributed by atoms with Crippen molar-refractivity contribution in [2.75, 3.05) is 21.3 Å². The van der Waals surface area contributed by atoms with Gasteiger partial charge in [-0.25, -0.2) is 4.98 Å². The molecule has 1 aromatic heterocycles. The number of fused-ring (bicyclic) bond motifs is 1. The fourth-order valence-corrected chi connectivity index (χ4v) is 3.35. The summed E-state index contributed by atoms with van der Waals surface area (Å²) in [6.45, 7) is 0.0662. The van der Waals surface area contributed by atoms with Crippen molar-refractivity contribution in [2.45, 2.75) is 6.61 Å². The van der Waals surface area contributed by atoms with Gasteiger partial charge >= 0.3 is 0 Å². The van der Waals surface area contributed by atoms with E-state index in [-0.39, 0.29) is 12.2 Å². The lowest BCUT2D eigenvalue weighted by Crippen LogP contribution is -2.23. The Morgan fingerprint density at radius 2 is 1.58 bits per heavy atom. The van der Waals surface area contributed by atoms with Crippen LogP contribution in [0.2, 0.25) is 0 Å². The van der Waals surface area contributed by atoms with Gasteiger partial charge in [-0.2, -0.15) is 9.78 Å². The molecule has 4 aromatic rings. The van der Waals surface area contributed by atoms with Crippen molar-refractivity contribution in [3.8, 4) is 23.0 Å². The molecule has 0 aliphatic heterocycles. The third-order valence-corrected chi connectivity index (χ3v) is 4.94. The number of para-hydroxylation sites is 2. The molecular formula is C25H23N3O5. The molecule has 0 atom stereocenters. The standard InChI is InChI=1S/C25H23N3O5/c1-30-21-13-17(14-22(31-2)24(21)32-3)15-26-28-23(16-33-18-9-5-4-6-10-18)27-20-12-8-7-11-19(20)25(28)29/h4-15H,16H2,1-3H3/b26-15+. The summed E-state index contributed by atoms with van der Waals surface area (Å²) in [5.74, 6) is 2.47. The van der Waals surface area contributed by atoms with Gasteiger partial charge in [-0.05, 0) is 36.4 Å². The van der Waals surface area contributed by atoms with Crippen molar-refractivity contribution in [1.82, 2.24) is 9.66 Å². The Morgan fingerprint density at radius 1 is 0.909 bits per heavy atom. The van der Waals surface area contributed by atoms with E-state index in [1.165, 1.54) is 32.2 Å². The molecule has 0 aliphatic rings. The van der Waals surface area contributed by atoms with E-state index >= 15 is 0 Å². The van der Waals surface area contributed by atoms with E-state index in [4.69, 9.17) is 18.9 Å². The van der Waals surface area contributed by atoms with E-state index in [0.29, 0.717) is 45.3 Å². The Bertz CT molecular complexity index is 1320. The van der Waals surface area contributed by atoms with Gasteiger partial charge in [0, 0.05) is 5.56 Å². The molecular weight excluding hydrogens is 422 g/mol. The molecule has 0 amide bonds. The minimum Gasteiger partial charge on any atom is -0.493 e. The summed E-state index contributed by atoms with van der Waals surface area (Å²) in [5.41, 5.74) is 0.934. The van der Waals surface area contributed by atoms with E-state index in [0.717, 1.165) is 0 Å². The first-order chi connectivity index (χ1) is 16.1. The normalized spacial score (nSPS) is 11.0. The Labute approximate surface area is 190 Å². The molecule has 0 fully saturated rings. The Balaban J connectivity index is 1.77. The van der Waals surface area contributed by atoms with E-state index in [9.17, 15) is 4.79 Å². The smallest absolute Gasteiger partial charge is 0.282 e. The van der Waals surface area contributed by atoms with Gasteiger partial charge < -0.3 is 18.9 Å². The predicted molar refractivity (Wildman–Crippen MR) is 126 cm³/mol. The Morgan fingerprint density at radius 3 is 2.24 bits per heavy atom. The maximum atomic E-state index is 13.2. The number of nitrogens with zero attached hydrogens (tertiary/aromatic N) is 3. The molecule has 1 heterocycles. The highest BCUT2D eigenvalue weighted by Gasteiger charge is 2.14. The first-order valence-corrected chi connectivity index (χ1v) is 10.2. The van der Waals surface area contributed by atoms with Crippen LogP contribution in [0.1, 0.15) is 11.4 Å². The van der Waals surface area contributed by atoms with Crippen LogP contribution in [-0.4, -0.2) is 37.2 Å².